The summed E-state index contributed by atoms with van der Waals surface area (Å²) in [6.07, 6.45) is 0. The first-order chi connectivity index (χ1) is 13.7. The number of nitrogens with zero attached hydrogens (tertiary/aromatic N) is 2. The summed E-state index contributed by atoms with van der Waals surface area (Å²) < 4.78 is 16.2. The van der Waals surface area contributed by atoms with Gasteiger partial charge in [0.1, 0.15) is 5.69 Å². The Kier molecular flexibility index (Phi) is 4.13. The van der Waals surface area contributed by atoms with Gasteiger partial charge < -0.3 is 24.2 Å². The van der Waals surface area contributed by atoms with E-state index in [4.69, 9.17) is 13.9 Å². The van der Waals surface area contributed by atoms with Crippen molar-refractivity contribution in [3.8, 4) is 23.1 Å². The Morgan fingerprint density at radius 1 is 1.11 bits per heavy atom. The van der Waals surface area contributed by atoms with Crippen molar-refractivity contribution in [3.05, 3.63) is 48.5 Å². The molecule has 9 heteroatoms. The van der Waals surface area contributed by atoms with Crippen LogP contribution < -0.4 is 14.8 Å². The quantitative estimate of drug-likeness (QED) is 0.498. The number of para-hydroxylation sites is 1. The Balaban J connectivity index is 1.22. The lowest BCUT2D eigenvalue weighted by Gasteiger charge is -2.04. The fourth-order valence-electron chi connectivity index (χ4n) is 2.86. The largest absolute Gasteiger partial charge is 0.454 e. The minimum Gasteiger partial charge on any atom is -0.454 e. The lowest BCUT2D eigenvalue weighted by Crippen LogP contribution is -2.13. The number of aromatic nitrogens is 3. The molecule has 0 aliphatic carbocycles. The Morgan fingerprint density at radius 2 is 2.00 bits per heavy atom. The maximum atomic E-state index is 12.2. The predicted octanol–water partition coefficient (Wildman–Crippen LogP) is 3.68. The molecule has 0 unspecified atom stereocenters. The van der Waals surface area contributed by atoms with Crippen molar-refractivity contribution in [2.45, 2.75) is 5.22 Å². The van der Waals surface area contributed by atoms with Gasteiger partial charge in [-0.1, -0.05) is 30.0 Å². The molecular formula is C19H14N4O4S. The molecule has 2 aromatic carbocycles. The third-order valence-corrected chi connectivity index (χ3v) is 4.97. The highest BCUT2D eigenvalue weighted by atomic mass is 32.2. The van der Waals surface area contributed by atoms with Gasteiger partial charge in [-0.3, -0.25) is 4.79 Å². The monoisotopic (exact) mass is 394 g/mol. The zero-order chi connectivity index (χ0) is 18.9. The average molecular weight is 394 g/mol. The number of carbonyl (C=O) groups is 1. The first-order valence-corrected chi connectivity index (χ1v) is 9.47. The van der Waals surface area contributed by atoms with E-state index in [1.54, 1.807) is 18.2 Å². The summed E-state index contributed by atoms with van der Waals surface area (Å²) >= 11 is 1.17. The number of hydrogen-bond donors (Lipinski definition) is 2. The van der Waals surface area contributed by atoms with Crippen molar-refractivity contribution in [1.82, 2.24) is 15.2 Å². The highest BCUT2D eigenvalue weighted by Crippen LogP contribution is 2.34. The van der Waals surface area contributed by atoms with Crippen LogP contribution in [0.1, 0.15) is 0 Å². The van der Waals surface area contributed by atoms with E-state index in [0.29, 0.717) is 28.3 Å². The van der Waals surface area contributed by atoms with Gasteiger partial charge in [-0.25, -0.2) is 0 Å². The molecule has 140 valence electrons. The minimum atomic E-state index is -0.186. The topological polar surface area (TPSA) is 102 Å². The Labute approximate surface area is 163 Å². The summed E-state index contributed by atoms with van der Waals surface area (Å²) in [6, 6.07) is 15.1. The van der Waals surface area contributed by atoms with Crippen LogP contribution in [0.2, 0.25) is 0 Å². The van der Waals surface area contributed by atoms with Gasteiger partial charge in [0, 0.05) is 22.7 Å². The van der Waals surface area contributed by atoms with Gasteiger partial charge in [0.05, 0.1) is 5.75 Å². The van der Waals surface area contributed by atoms with E-state index in [2.05, 4.69) is 20.5 Å². The fraction of sp³-hybridized carbons (Fsp3) is 0.105. The van der Waals surface area contributed by atoms with Crippen LogP contribution in [-0.2, 0) is 4.79 Å². The summed E-state index contributed by atoms with van der Waals surface area (Å²) in [7, 11) is 0. The number of aromatic amines is 1. The third-order valence-electron chi connectivity index (χ3n) is 4.15. The number of hydrogen-bond acceptors (Lipinski definition) is 7. The number of H-pyrrole nitrogens is 1. The van der Waals surface area contributed by atoms with E-state index in [1.807, 2.05) is 30.3 Å². The Bertz CT molecular complexity index is 1140. The van der Waals surface area contributed by atoms with Gasteiger partial charge in [0.25, 0.3) is 11.1 Å². The lowest BCUT2D eigenvalue weighted by atomic mass is 10.2. The maximum absolute atomic E-state index is 12.2. The number of fused-ring (bicyclic) bond motifs is 2. The molecule has 0 saturated carbocycles. The second-order valence-electron chi connectivity index (χ2n) is 6.05. The van der Waals surface area contributed by atoms with Crippen molar-refractivity contribution in [2.75, 3.05) is 17.9 Å². The second-order valence-corrected chi connectivity index (χ2v) is 6.97. The van der Waals surface area contributed by atoms with Crippen LogP contribution in [0.5, 0.6) is 11.5 Å². The zero-order valence-electron chi connectivity index (χ0n) is 14.5. The minimum absolute atomic E-state index is 0.142. The number of benzene rings is 2. The molecule has 0 fully saturated rings. The predicted molar refractivity (Wildman–Crippen MR) is 104 cm³/mol. The molecule has 5 rings (SSSR count). The van der Waals surface area contributed by atoms with E-state index in [9.17, 15) is 4.79 Å². The molecule has 1 aliphatic heterocycles. The molecule has 0 bridgehead atoms. The van der Waals surface area contributed by atoms with E-state index < -0.39 is 0 Å². The zero-order valence-corrected chi connectivity index (χ0v) is 15.3. The summed E-state index contributed by atoms with van der Waals surface area (Å²) in [5.74, 6) is 1.63. The number of carbonyl (C=O) groups excluding carboxylic acids is 1. The molecule has 2 N–H and O–H groups in total. The molecule has 4 aromatic rings. The fourth-order valence-corrected chi connectivity index (χ4v) is 3.43. The smallest absolute Gasteiger partial charge is 0.277 e. The lowest BCUT2D eigenvalue weighted by molar-refractivity contribution is -0.113. The summed E-state index contributed by atoms with van der Waals surface area (Å²) in [5, 5.41) is 12.2. The molecule has 3 heterocycles. The molecule has 2 aromatic heterocycles. The third kappa shape index (κ3) is 3.27. The van der Waals surface area contributed by atoms with Gasteiger partial charge in [-0.05, 0) is 24.3 Å². The number of thioether (sulfide) groups is 1. The highest BCUT2D eigenvalue weighted by Gasteiger charge is 2.16. The Hall–Kier alpha value is -3.46. The second kappa shape index (κ2) is 6.93. The molecular weight excluding hydrogens is 380 g/mol. The van der Waals surface area contributed by atoms with Crippen LogP contribution in [0.25, 0.3) is 22.5 Å². The molecule has 28 heavy (non-hydrogen) atoms. The van der Waals surface area contributed by atoms with Crippen LogP contribution in [0.3, 0.4) is 0 Å². The number of nitrogens with one attached hydrogen (secondary N) is 2. The number of ether oxygens (including phenoxy) is 2. The molecule has 0 atom stereocenters. The molecule has 1 amide bonds. The van der Waals surface area contributed by atoms with E-state index in [1.165, 1.54) is 11.8 Å². The molecule has 0 radical (unpaired) electrons. The summed E-state index contributed by atoms with van der Waals surface area (Å²) in [6.45, 7) is 0.193. The van der Waals surface area contributed by atoms with Crippen LogP contribution in [-0.4, -0.2) is 33.6 Å². The molecule has 1 aliphatic rings. The van der Waals surface area contributed by atoms with Crippen LogP contribution in [0.15, 0.2) is 58.2 Å². The Morgan fingerprint density at radius 3 is 2.93 bits per heavy atom. The maximum Gasteiger partial charge on any atom is 0.277 e. The number of amides is 1. The van der Waals surface area contributed by atoms with Gasteiger partial charge >= 0.3 is 0 Å². The van der Waals surface area contributed by atoms with Crippen molar-refractivity contribution < 1.29 is 18.7 Å². The van der Waals surface area contributed by atoms with Crippen molar-refractivity contribution in [3.63, 3.8) is 0 Å². The van der Waals surface area contributed by atoms with Gasteiger partial charge in [0.15, 0.2) is 11.5 Å². The average Bonchev–Trinajstić information content (AvgIpc) is 3.44. The van der Waals surface area contributed by atoms with Crippen molar-refractivity contribution in [2.24, 2.45) is 0 Å². The van der Waals surface area contributed by atoms with Crippen molar-refractivity contribution >= 4 is 34.3 Å². The van der Waals surface area contributed by atoms with Crippen LogP contribution in [0.4, 0.5) is 5.69 Å². The number of anilines is 1. The standard InChI is InChI=1S/C19H14N4O4S/c24-17(20-12-5-6-15-16(8-12)26-10-25-15)9-28-19-23-22-18(27-19)14-7-11-3-1-2-4-13(11)21-14/h1-8,21H,9-10H2,(H,20,24). The molecule has 8 nitrogen and oxygen atoms in total. The van der Waals surface area contributed by atoms with Gasteiger partial charge in [-0.15, -0.1) is 10.2 Å². The van der Waals surface area contributed by atoms with Gasteiger partial charge in [0.2, 0.25) is 12.7 Å². The summed E-state index contributed by atoms with van der Waals surface area (Å²) in [4.78, 5) is 15.4. The SMILES string of the molecule is O=C(CSc1nnc(-c2cc3ccccc3[nH]2)o1)Nc1ccc2c(c1)OCO2. The van der Waals surface area contributed by atoms with E-state index in [0.717, 1.165) is 16.6 Å². The van der Waals surface area contributed by atoms with E-state index >= 15 is 0 Å². The number of rotatable bonds is 5. The first kappa shape index (κ1) is 16.7. The van der Waals surface area contributed by atoms with E-state index in [-0.39, 0.29) is 18.5 Å². The van der Waals surface area contributed by atoms with Crippen LogP contribution in [0, 0.1) is 0 Å². The molecule has 0 spiro atoms. The summed E-state index contributed by atoms with van der Waals surface area (Å²) in [5.41, 5.74) is 2.37. The highest BCUT2D eigenvalue weighted by molar-refractivity contribution is 7.99. The first-order valence-electron chi connectivity index (χ1n) is 8.48. The van der Waals surface area contributed by atoms with Crippen LogP contribution >= 0.6 is 11.8 Å². The molecule has 0 saturated heterocycles. The van der Waals surface area contributed by atoms with Gasteiger partial charge in [-0.2, -0.15) is 0 Å². The van der Waals surface area contributed by atoms with Crippen molar-refractivity contribution in [1.29, 1.82) is 0 Å². The normalized spacial score (nSPS) is 12.4.